The molecule has 0 radical (unpaired) electrons. The van der Waals surface area contributed by atoms with Crippen molar-refractivity contribution in [2.24, 2.45) is 0 Å². The molecule has 0 saturated carbocycles. The predicted octanol–water partition coefficient (Wildman–Crippen LogP) is 4.26. The number of thiocarbonyl (C=S) groups is 1. The van der Waals surface area contributed by atoms with Gasteiger partial charge in [-0.3, -0.25) is 0 Å². The zero-order valence-corrected chi connectivity index (χ0v) is 17.3. The Morgan fingerprint density at radius 3 is 2.48 bits per heavy atom. The predicted molar refractivity (Wildman–Crippen MR) is 116 cm³/mol. The second kappa shape index (κ2) is 8.67. The Morgan fingerprint density at radius 2 is 1.85 bits per heavy atom. The maximum atomic E-state index is 6.11. The van der Waals surface area contributed by atoms with Gasteiger partial charge in [0.25, 0.3) is 0 Å². The van der Waals surface area contributed by atoms with Crippen LogP contribution in [-0.2, 0) is 0 Å². The fourth-order valence-corrected chi connectivity index (χ4v) is 3.72. The lowest BCUT2D eigenvalue weighted by Crippen LogP contribution is -2.54. The molecule has 1 N–H and O–H groups in total. The lowest BCUT2D eigenvalue weighted by Gasteiger charge is -2.42. The van der Waals surface area contributed by atoms with Crippen LogP contribution in [0.1, 0.15) is 6.92 Å². The SMILES string of the molecule is COc1ccc(N2CCN(C(=S)Nc3cc(Cl)ccc3OC)CC2C)cc1. The summed E-state index contributed by atoms with van der Waals surface area (Å²) in [5.41, 5.74) is 1.97. The highest BCUT2D eigenvalue weighted by atomic mass is 35.5. The molecule has 144 valence electrons. The zero-order valence-electron chi connectivity index (χ0n) is 15.7. The van der Waals surface area contributed by atoms with Crippen molar-refractivity contribution in [3.63, 3.8) is 0 Å². The summed E-state index contributed by atoms with van der Waals surface area (Å²) in [5, 5.41) is 4.59. The van der Waals surface area contributed by atoms with Crippen molar-refractivity contribution in [2.45, 2.75) is 13.0 Å². The molecule has 1 aliphatic heterocycles. The largest absolute Gasteiger partial charge is 0.497 e. The van der Waals surface area contributed by atoms with Crippen molar-refractivity contribution in [3.05, 3.63) is 47.5 Å². The lowest BCUT2D eigenvalue weighted by atomic mass is 10.1. The van der Waals surface area contributed by atoms with Gasteiger partial charge in [-0.1, -0.05) is 11.6 Å². The van der Waals surface area contributed by atoms with Gasteiger partial charge in [0.15, 0.2) is 5.11 Å². The van der Waals surface area contributed by atoms with E-state index in [-0.39, 0.29) is 0 Å². The van der Waals surface area contributed by atoms with E-state index in [0.29, 0.717) is 21.9 Å². The van der Waals surface area contributed by atoms with Crippen LogP contribution < -0.4 is 19.7 Å². The molecule has 0 amide bonds. The Morgan fingerprint density at radius 1 is 1.11 bits per heavy atom. The van der Waals surface area contributed by atoms with Gasteiger partial charge in [0.2, 0.25) is 0 Å². The number of halogens is 1. The molecule has 1 heterocycles. The van der Waals surface area contributed by atoms with Gasteiger partial charge in [-0.05, 0) is 61.6 Å². The number of benzene rings is 2. The second-order valence-electron chi connectivity index (χ2n) is 6.46. The molecule has 0 bridgehead atoms. The maximum Gasteiger partial charge on any atom is 0.173 e. The third-order valence-electron chi connectivity index (χ3n) is 4.72. The van der Waals surface area contributed by atoms with Gasteiger partial charge >= 0.3 is 0 Å². The van der Waals surface area contributed by atoms with E-state index in [1.165, 1.54) is 5.69 Å². The number of hydrogen-bond donors (Lipinski definition) is 1. The molecule has 2 aromatic rings. The summed E-state index contributed by atoms with van der Waals surface area (Å²) in [4.78, 5) is 4.57. The van der Waals surface area contributed by atoms with Crippen LogP contribution in [0, 0.1) is 0 Å². The van der Waals surface area contributed by atoms with Crippen LogP contribution in [0.5, 0.6) is 11.5 Å². The molecule has 2 aromatic carbocycles. The summed E-state index contributed by atoms with van der Waals surface area (Å²) >= 11 is 11.7. The normalized spacial score (nSPS) is 16.8. The highest BCUT2D eigenvalue weighted by Crippen LogP contribution is 2.29. The molecule has 0 spiro atoms. The molecule has 1 atom stereocenters. The van der Waals surface area contributed by atoms with Gasteiger partial charge in [0, 0.05) is 36.4 Å². The summed E-state index contributed by atoms with van der Waals surface area (Å²) in [7, 11) is 3.31. The van der Waals surface area contributed by atoms with E-state index >= 15 is 0 Å². The molecule has 1 saturated heterocycles. The van der Waals surface area contributed by atoms with E-state index < -0.39 is 0 Å². The first-order valence-corrected chi connectivity index (χ1v) is 9.60. The van der Waals surface area contributed by atoms with Crippen molar-refractivity contribution in [3.8, 4) is 11.5 Å². The van der Waals surface area contributed by atoms with E-state index in [2.05, 4.69) is 34.2 Å². The molecular formula is C20H24ClN3O2S. The minimum atomic E-state index is 0.327. The first-order valence-electron chi connectivity index (χ1n) is 8.82. The summed E-state index contributed by atoms with van der Waals surface area (Å²) in [6, 6.07) is 14.0. The summed E-state index contributed by atoms with van der Waals surface area (Å²) in [6.45, 7) is 4.77. The Labute approximate surface area is 170 Å². The molecule has 5 nitrogen and oxygen atoms in total. The van der Waals surface area contributed by atoms with Crippen molar-refractivity contribution in [1.29, 1.82) is 0 Å². The van der Waals surface area contributed by atoms with Crippen molar-refractivity contribution in [2.75, 3.05) is 44.1 Å². The maximum absolute atomic E-state index is 6.11. The van der Waals surface area contributed by atoms with Gasteiger partial charge in [0.05, 0.1) is 19.9 Å². The van der Waals surface area contributed by atoms with Crippen LogP contribution in [0.15, 0.2) is 42.5 Å². The van der Waals surface area contributed by atoms with Gasteiger partial charge in [-0.2, -0.15) is 0 Å². The lowest BCUT2D eigenvalue weighted by molar-refractivity contribution is 0.342. The molecular weight excluding hydrogens is 382 g/mol. The van der Waals surface area contributed by atoms with E-state index in [0.717, 1.165) is 31.1 Å². The number of ether oxygens (including phenoxy) is 2. The van der Waals surface area contributed by atoms with Crippen LogP contribution in [0.3, 0.4) is 0 Å². The van der Waals surface area contributed by atoms with Crippen LogP contribution in [0.2, 0.25) is 5.02 Å². The van der Waals surface area contributed by atoms with Crippen LogP contribution >= 0.6 is 23.8 Å². The Balaban J connectivity index is 1.65. The molecule has 3 rings (SSSR count). The molecule has 1 aliphatic rings. The Kier molecular flexibility index (Phi) is 6.29. The molecule has 27 heavy (non-hydrogen) atoms. The number of hydrogen-bond acceptors (Lipinski definition) is 4. The smallest absolute Gasteiger partial charge is 0.173 e. The first-order chi connectivity index (χ1) is 13.0. The van der Waals surface area contributed by atoms with E-state index in [1.54, 1.807) is 20.3 Å². The van der Waals surface area contributed by atoms with E-state index in [1.807, 2.05) is 24.3 Å². The fraction of sp³-hybridized carbons (Fsp3) is 0.350. The summed E-state index contributed by atoms with van der Waals surface area (Å²) in [5.74, 6) is 1.58. The quantitative estimate of drug-likeness (QED) is 0.766. The minimum Gasteiger partial charge on any atom is -0.497 e. The molecule has 1 unspecified atom stereocenters. The van der Waals surface area contributed by atoms with Gasteiger partial charge in [-0.25, -0.2) is 0 Å². The summed E-state index contributed by atoms with van der Waals surface area (Å²) < 4.78 is 10.6. The van der Waals surface area contributed by atoms with Gasteiger partial charge in [0.1, 0.15) is 11.5 Å². The topological polar surface area (TPSA) is 37.0 Å². The number of piperazine rings is 1. The first kappa shape index (κ1) is 19.6. The number of nitrogens with one attached hydrogen (secondary N) is 1. The molecule has 7 heteroatoms. The monoisotopic (exact) mass is 405 g/mol. The third kappa shape index (κ3) is 4.57. The summed E-state index contributed by atoms with van der Waals surface area (Å²) in [6.07, 6.45) is 0. The van der Waals surface area contributed by atoms with Crippen LogP contribution in [0.4, 0.5) is 11.4 Å². The fourth-order valence-electron chi connectivity index (χ4n) is 3.27. The third-order valence-corrected chi connectivity index (χ3v) is 5.32. The number of anilines is 2. The average molecular weight is 406 g/mol. The zero-order chi connectivity index (χ0) is 19.4. The van der Waals surface area contributed by atoms with E-state index in [9.17, 15) is 0 Å². The molecule has 1 fully saturated rings. The number of rotatable bonds is 4. The van der Waals surface area contributed by atoms with Gasteiger partial charge < -0.3 is 24.6 Å². The average Bonchev–Trinajstić information content (AvgIpc) is 2.68. The Hall–Kier alpha value is -2.18. The Bertz CT molecular complexity index is 800. The minimum absolute atomic E-state index is 0.327. The van der Waals surface area contributed by atoms with Gasteiger partial charge in [-0.15, -0.1) is 0 Å². The van der Waals surface area contributed by atoms with E-state index in [4.69, 9.17) is 33.3 Å². The van der Waals surface area contributed by atoms with Crippen LogP contribution in [-0.4, -0.2) is 49.9 Å². The standard InChI is InChI=1S/C20H24ClN3O2S/c1-14-13-23(10-11-24(14)16-5-7-17(25-2)8-6-16)20(27)22-18-12-15(21)4-9-19(18)26-3/h4-9,12,14H,10-11,13H2,1-3H3,(H,22,27). The van der Waals surface area contributed by atoms with Crippen molar-refractivity contribution in [1.82, 2.24) is 4.90 Å². The van der Waals surface area contributed by atoms with Crippen molar-refractivity contribution >= 4 is 40.3 Å². The highest BCUT2D eigenvalue weighted by molar-refractivity contribution is 7.80. The second-order valence-corrected chi connectivity index (χ2v) is 7.28. The van der Waals surface area contributed by atoms with Crippen LogP contribution in [0.25, 0.3) is 0 Å². The van der Waals surface area contributed by atoms with Crippen molar-refractivity contribution < 1.29 is 9.47 Å². The molecule has 0 aromatic heterocycles. The highest BCUT2D eigenvalue weighted by Gasteiger charge is 2.25. The number of methoxy groups -OCH3 is 2. The number of nitrogens with zero attached hydrogens (tertiary/aromatic N) is 2. The molecule has 0 aliphatic carbocycles.